The molecule has 20 heavy (non-hydrogen) atoms. The van der Waals surface area contributed by atoms with E-state index in [9.17, 15) is 0 Å². The minimum absolute atomic E-state index is 0.987. The number of aryl methyl sites for hydroxylation is 1. The van der Waals surface area contributed by atoms with Gasteiger partial charge in [0.25, 0.3) is 0 Å². The minimum Gasteiger partial charge on any atom is -0.352 e. The zero-order chi connectivity index (χ0) is 13.5. The predicted octanol–water partition coefficient (Wildman–Crippen LogP) is 1.83. The molecule has 0 saturated carbocycles. The van der Waals surface area contributed by atoms with Crippen molar-refractivity contribution in [3.05, 3.63) is 30.1 Å². The Labute approximate surface area is 117 Å². The normalized spacial score (nSPS) is 16.1. The van der Waals surface area contributed by atoms with Gasteiger partial charge in [-0.3, -0.25) is 0 Å². The van der Waals surface area contributed by atoms with Crippen LogP contribution in [0.3, 0.4) is 0 Å². The lowest BCUT2D eigenvalue weighted by Crippen LogP contribution is -2.44. The van der Waals surface area contributed by atoms with E-state index in [-0.39, 0.29) is 0 Å². The Balaban J connectivity index is 1.95. The zero-order valence-corrected chi connectivity index (χ0v) is 11.5. The highest BCUT2D eigenvalue weighted by Gasteiger charge is 2.17. The van der Waals surface area contributed by atoms with E-state index in [1.807, 2.05) is 0 Å². The Morgan fingerprint density at radius 2 is 2.00 bits per heavy atom. The van der Waals surface area contributed by atoms with Crippen LogP contribution in [0.2, 0.25) is 0 Å². The number of nitrogens with one attached hydrogen (secondary N) is 2. The first-order chi connectivity index (χ1) is 9.83. The Bertz CT molecular complexity index is 770. The van der Waals surface area contributed by atoms with Crippen molar-refractivity contribution in [3.63, 3.8) is 0 Å². The van der Waals surface area contributed by atoms with Crippen molar-refractivity contribution >= 4 is 27.8 Å². The number of nitrogens with zero attached hydrogens (tertiary/aromatic N) is 3. The summed E-state index contributed by atoms with van der Waals surface area (Å²) in [5.74, 6) is 1.02. The number of piperazine rings is 1. The van der Waals surface area contributed by atoms with E-state index in [1.165, 1.54) is 10.9 Å². The molecular weight excluding hydrogens is 250 g/mol. The van der Waals surface area contributed by atoms with E-state index in [1.54, 1.807) is 6.33 Å². The average molecular weight is 267 g/mol. The molecule has 5 heteroatoms. The van der Waals surface area contributed by atoms with Crippen molar-refractivity contribution in [2.45, 2.75) is 6.92 Å². The van der Waals surface area contributed by atoms with Crippen LogP contribution in [-0.2, 0) is 0 Å². The first-order valence-electron chi connectivity index (χ1n) is 7.01. The van der Waals surface area contributed by atoms with Gasteiger partial charge in [0.2, 0.25) is 0 Å². The Kier molecular flexibility index (Phi) is 2.60. The Morgan fingerprint density at radius 3 is 2.85 bits per heavy atom. The van der Waals surface area contributed by atoms with Crippen LogP contribution in [0.15, 0.2) is 24.5 Å². The summed E-state index contributed by atoms with van der Waals surface area (Å²) in [6.07, 6.45) is 1.68. The molecule has 0 unspecified atom stereocenters. The highest BCUT2D eigenvalue weighted by molar-refractivity contribution is 6.08. The lowest BCUT2D eigenvalue weighted by Gasteiger charge is -2.28. The lowest BCUT2D eigenvalue weighted by molar-refractivity contribution is 0.586. The minimum atomic E-state index is 0.987. The first kappa shape index (κ1) is 11.7. The summed E-state index contributed by atoms with van der Waals surface area (Å²) in [4.78, 5) is 14.8. The van der Waals surface area contributed by atoms with E-state index in [0.717, 1.165) is 48.5 Å². The van der Waals surface area contributed by atoms with Gasteiger partial charge >= 0.3 is 0 Å². The molecule has 0 spiro atoms. The van der Waals surface area contributed by atoms with Crippen LogP contribution in [0, 0.1) is 6.92 Å². The third kappa shape index (κ3) is 1.74. The molecule has 1 saturated heterocycles. The second kappa shape index (κ2) is 4.45. The fourth-order valence-corrected chi connectivity index (χ4v) is 2.91. The van der Waals surface area contributed by atoms with Crippen molar-refractivity contribution in [3.8, 4) is 0 Å². The molecule has 3 aromatic rings. The summed E-state index contributed by atoms with van der Waals surface area (Å²) < 4.78 is 0. The summed E-state index contributed by atoms with van der Waals surface area (Å²) in [5.41, 5.74) is 4.45. The summed E-state index contributed by atoms with van der Waals surface area (Å²) in [5, 5.41) is 4.55. The van der Waals surface area contributed by atoms with Gasteiger partial charge < -0.3 is 15.2 Å². The molecule has 102 valence electrons. The maximum Gasteiger partial charge on any atom is 0.156 e. The van der Waals surface area contributed by atoms with Gasteiger partial charge in [0.15, 0.2) is 5.82 Å². The van der Waals surface area contributed by atoms with Gasteiger partial charge in [-0.2, -0.15) is 0 Å². The summed E-state index contributed by atoms with van der Waals surface area (Å²) in [7, 11) is 0. The maximum absolute atomic E-state index is 4.50. The number of anilines is 1. The second-order valence-corrected chi connectivity index (χ2v) is 5.33. The quantitative estimate of drug-likeness (QED) is 0.706. The van der Waals surface area contributed by atoms with Gasteiger partial charge in [-0.25, -0.2) is 9.97 Å². The topological polar surface area (TPSA) is 56.8 Å². The van der Waals surface area contributed by atoms with Crippen molar-refractivity contribution in [1.29, 1.82) is 0 Å². The number of aromatic amines is 1. The largest absolute Gasteiger partial charge is 0.352 e. The van der Waals surface area contributed by atoms with Crippen LogP contribution in [-0.4, -0.2) is 41.1 Å². The molecule has 0 amide bonds. The molecule has 0 aliphatic carbocycles. The summed E-state index contributed by atoms with van der Waals surface area (Å²) >= 11 is 0. The highest BCUT2D eigenvalue weighted by atomic mass is 15.2. The lowest BCUT2D eigenvalue weighted by atomic mass is 10.1. The third-order valence-corrected chi connectivity index (χ3v) is 3.93. The number of H-pyrrole nitrogens is 1. The standard InChI is InChI=1S/C15H17N5/c1-10-2-3-12-11(8-10)13-14(19-12)15(18-9-17-13)20-6-4-16-5-7-20/h2-3,8-9,16,19H,4-7H2,1H3. The zero-order valence-electron chi connectivity index (χ0n) is 11.5. The highest BCUT2D eigenvalue weighted by Crippen LogP contribution is 2.29. The van der Waals surface area contributed by atoms with Crippen LogP contribution < -0.4 is 10.2 Å². The van der Waals surface area contributed by atoms with Crippen molar-refractivity contribution in [2.75, 3.05) is 31.1 Å². The Hall–Kier alpha value is -2.14. The molecule has 2 N–H and O–H groups in total. The SMILES string of the molecule is Cc1ccc2[nH]c3c(N4CCNCC4)ncnc3c2c1. The molecule has 5 nitrogen and oxygen atoms in total. The van der Waals surface area contributed by atoms with Crippen LogP contribution in [0.1, 0.15) is 5.56 Å². The molecule has 4 rings (SSSR count). The van der Waals surface area contributed by atoms with Crippen molar-refractivity contribution in [2.24, 2.45) is 0 Å². The Morgan fingerprint density at radius 1 is 1.15 bits per heavy atom. The number of hydrogen-bond acceptors (Lipinski definition) is 4. The molecule has 1 aliphatic rings. The molecule has 0 bridgehead atoms. The van der Waals surface area contributed by atoms with Gasteiger partial charge in [0.05, 0.1) is 0 Å². The van der Waals surface area contributed by atoms with Gasteiger partial charge in [-0.05, 0) is 19.1 Å². The molecule has 1 aliphatic heterocycles. The number of aromatic nitrogens is 3. The molecule has 1 fully saturated rings. The van der Waals surface area contributed by atoms with Crippen LogP contribution in [0.5, 0.6) is 0 Å². The van der Waals surface area contributed by atoms with Gasteiger partial charge in [-0.15, -0.1) is 0 Å². The first-order valence-corrected chi connectivity index (χ1v) is 7.01. The number of hydrogen-bond donors (Lipinski definition) is 2. The molecular formula is C15H17N5. The fourth-order valence-electron chi connectivity index (χ4n) is 2.91. The molecule has 2 aromatic heterocycles. The van der Waals surface area contributed by atoms with E-state index in [2.05, 4.69) is 50.3 Å². The van der Waals surface area contributed by atoms with E-state index < -0.39 is 0 Å². The van der Waals surface area contributed by atoms with Crippen LogP contribution in [0.25, 0.3) is 21.9 Å². The number of benzene rings is 1. The third-order valence-electron chi connectivity index (χ3n) is 3.93. The molecule has 3 heterocycles. The van der Waals surface area contributed by atoms with E-state index >= 15 is 0 Å². The summed E-state index contributed by atoms with van der Waals surface area (Å²) in [6.45, 7) is 6.09. The second-order valence-electron chi connectivity index (χ2n) is 5.33. The monoisotopic (exact) mass is 267 g/mol. The van der Waals surface area contributed by atoms with E-state index in [4.69, 9.17) is 0 Å². The number of fused-ring (bicyclic) bond motifs is 3. The van der Waals surface area contributed by atoms with Gasteiger partial charge in [-0.1, -0.05) is 11.6 Å². The smallest absolute Gasteiger partial charge is 0.156 e. The van der Waals surface area contributed by atoms with Crippen LogP contribution >= 0.6 is 0 Å². The average Bonchev–Trinajstić information content (AvgIpc) is 2.86. The predicted molar refractivity (Wildman–Crippen MR) is 81.2 cm³/mol. The maximum atomic E-state index is 4.50. The summed E-state index contributed by atoms with van der Waals surface area (Å²) in [6, 6.07) is 6.42. The van der Waals surface area contributed by atoms with Crippen molar-refractivity contribution in [1.82, 2.24) is 20.3 Å². The van der Waals surface area contributed by atoms with Crippen molar-refractivity contribution < 1.29 is 0 Å². The molecule has 0 atom stereocenters. The number of rotatable bonds is 1. The van der Waals surface area contributed by atoms with Crippen LogP contribution in [0.4, 0.5) is 5.82 Å². The fraction of sp³-hybridized carbons (Fsp3) is 0.333. The molecule has 0 radical (unpaired) electrons. The van der Waals surface area contributed by atoms with E-state index in [0.29, 0.717) is 0 Å². The van der Waals surface area contributed by atoms with Gasteiger partial charge in [0.1, 0.15) is 17.4 Å². The molecule has 1 aromatic carbocycles. The van der Waals surface area contributed by atoms with Gasteiger partial charge in [0, 0.05) is 37.1 Å².